The first-order valence-corrected chi connectivity index (χ1v) is 2.60. The molecule has 0 aliphatic rings. The highest BCUT2D eigenvalue weighted by Gasteiger charge is 1.91. The first-order valence-electron chi connectivity index (χ1n) is 2.60. The minimum atomic E-state index is 0.505. The average molecular weight is 99.2 g/mol. The Hall–Kier alpha value is -0.460. The quantitative estimate of drug-likeness (QED) is 0.529. The van der Waals surface area contributed by atoms with Gasteiger partial charge >= 0.3 is 0 Å². The van der Waals surface area contributed by atoms with Crippen LogP contribution in [0, 0.1) is 5.92 Å². The van der Waals surface area contributed by atoms with Gasteiger partial charge in [-0.25, -0.2) is 0 Å². The van der Waals surface area contributed by atoms with Crippen molar-refractivity contribution in [2.45, 2.75) is 20.8 Å². The molecular weight excluding hydrogens is 86.1 g/mol. The molecule has 2 N–H and O–H groups in total. The van der Waals surface area contributed by atoms with Crippen molar-refractivity contribution in [2.24, 2.45) is 11.7 Å². The first kappa shape index (κ1) is 6.54. The second-order valence-electron chi connectivity index (χ2n) is 1.94. The van der Waals surface area contributed by atoms with Gasteiger partial charge < -0.3 is 5.73 Å². The summed E-state index contributed by atoms with van der Waals surface area (Å²) in [6, 6.07) is 0. The van der Waals surface area contributed by atoms with Gasteiger partial charge in [0.15, 0.2) is 0 Å². The Morgan fingerprint density at radius 1 is 1.57 bits per heavy atom. The summed E-state index contributed by atoms with van der Waals surface area (Å²) < 4.78 is 0. The molecule has 7 heavy (non-hydrogen) atoms. The van der Waals surface area contributed by atoms with E-state index in [0.717, 1.165) is 5.70 Å². The number of hydrogen-bond donors (Lipinski definition) is 1. The molecule has 42 valence electrons. The lowest BCUT2D eigenvalue weighted by molar-refractivity contribution is 0.755. The first-order chi connectivity index (χ1) is 3.18. The Morgan fingerprint density at radius 3 is 2.00 bits per heavy atom. The van der Waals surface area contributed by atoms with Crippen molar-refractivity contribution < 1.29 is 0 Å². The van der Waals surface area contributed by atoms with Crippen LogP contribution in [0.1, 0.15) is 20.8 Å². The molecule has 0 bridgehead atoms. The number of allylic oxidation sites excluding steroid dienone is 2. The highest BCUT2D eigenvalue weighted by atomic mass is 14.6. The van der Waals surface area contributed by atoms with Crippen molar-refractivity contribution >= 4 is 0 Å². The van der Waals surface area contributed by atoms with Crippen LogP contribution in [0.25, 0.3) is 0 Å². The van der Waals surface area contributed by atoms with Crippen LogP contribution in [0.5, 0.6) is 0 Å². The molecule has 0 rings (SSSR count). The van der Waals surface area contributed by atoms with Crippen molar-refractivity contribution in [3.05, 3.63) is 11.8 Å². The van der Waals surface area contributed by atoms with Crippen LogP contribution in [-0.4, -0.2) is 0 Å². The van der Waals surface area contributed by atoms with E-state index in [2.05, 4.69) is 13.8 Å². The van der Waals surface area contributed by atoms with Gasteiger partial charge in [0.1, 0.15) is 0 Å². The van der Waals surface area contributed by atoms with Crippen LogP contribution in [0.4, 0.5) is 0 Å². The molecule has 0 fully saturated rings. The largest absolute Gasteiger partial charge is 0.402 e. The minimum absolute atomic E-state index is 0.505. The van der Waals surface area contributed by atoms with Gasteiger partial charge in [-0.2, -0.15) is 0 Å². The summed E-state index contributed by atoms with van der Waals surface area (Å²) in [6.45, 7) is 6.11. The van der Waals surface area contributed by atoms with Gasteiger partial charge in [-0.15, -0.1) is 0 Å². The smallest absolute Gasteiger partial charge is 0.00631 e. The summed E-state index contributed by atoms with van der Waals surface area (Å²) >= 11 is 0. The lowest BCUT2D eigenvalue weighted by Gasteiger charge is -2.00. The molecule has 1 nitrogen and oxygen atoms in total. The highest BCUT2D eigenvalue weighted by Crippen LogP contribution is 1.99. The lowest BCUT2D eigenvalue weighted by Crippen LogP contribution is -2.03. The van der Waals surface area contributed by atoms with Crippen molar-refractivity contribution in [3.63, 3.8) is 0 Å². The van der Waals surface area contributed by atoms with E-state index in [4.69, 9.17) is 5.73 Å². The average Bonchev–Trinajstić information content (AvgIpc) is 1.65. The van der Waals surface area contributed by atoms with Crippen LogP contribution >= 0.6 is 0 Å². The zero-order chi connectivity index (χ0) is 5.86. The summed E-state index contributed by atoms with van der Waals surface area (Å²) in [4.78, 5) is 0. The second kappa shape index (κ2) is 2.67. The normalized spacial score (nSPS) is 12.9. The molecule has 0 aliphatic heterocycles. The molecule has 0 atom stereocenters. The summed E-state index contributed by atoms with van der Waals surface area (Å²) in [5.41, 5.74) is 6.45. The van der Waals surface area contributed by atoms with Crippen molar-refractivity contribution in [3.8, 4) is 0 Å². The van der Waals surface area contributed by atoms with Gasteiger partial charge in [0.25, 0.3) is 0 Å². The molecule has 0 amide bonds. The summed E-state index contributed by atoms with van der Waals surface area (Å²) in [6.07, 6.45) is 1.94. The van der Waals surface area contributed by atoms with Gasteiger partial charge in [0.05, 0.1) is 0 Å². The molecule has 0 spiro atoms. The SMILES string of the molecule is C/C=C(/N)C(C)C. The second-order valence-corrected chi connectivity index (χ2v) is 1.94. The Balaban J connectivity index is 3.56. The maximum absolute atomic E-state index is 5.48. The predicted molar refractivity (Wildman–Crippen MR) is 32.8 cm³/mol. The fourth-order valence-corrected chi connectivity index (χ4v) is 0.333. The maximum atomic E-state index is 5.48. The molecule has 0 heterocycles. The fraction of sp³-hybridized carbons (Fsp3) is 0.667. The van der Waals surface area contributed by atoms with Gasteiger partial charge in [-0.05, 0) is 12.8 Å². The molecule has 0 aromatic rings. The number of rotatable bonds is 1. The topological polar surface area (TPSA) is 26.0 Å². The molecule has 0 aromatic carbocycles. The van der Waals surface area contributed by atoms with Crippen molar-refractivity contribution in [1.29, 1.82) is 0 Å². The van der Waals surface area contributed by atoms with E-state index in [1.807, 2.05) is 13.0 Å². The van der Waals surface area contributed by atoms with Gasteiger partial charge in [-0.3, -0.25) is 0 Å². The predicted octanol–water partition coefficient (Wildman–Crippen LogP) is 1.50. The Morgan fingerprint density at radius 2 is 2.00 bits per heavy atom. The molecule has 0 radical (unpaired) electrons. The third kappa shape index (κ3) is 2.26. The van der Waals surface area contributed by atoms with Crippen molar-refractivity contribution in [1.82, 2.24) is 0 Å². The van der Waals surface area contributed by atoms with E-state index < -0.39 is 0 Å². The fourth-order valence-electron chi connectivity index (χ4n) is 0.333. The zero-order valence-electron chi connectivity index (χ0n) is 5.23. The summed E-state index contributed by atoms with van der Waals surface area (Å²) in [5.74, 6) is 0.505. The third-order valence-corrected chi connectivity index (χ3v) is 1.00. The van der Waals surface area contributed by atoms with E-state index in [1.165, 1.54) is 0 Å². The van der Waals surface area contributed by atoms with Crippen LogP contribution < -0.4 is 5.73 Å². The van der Waals surface area contributed by atoms with E-state index >= 15 is 0 Å². The maximum Gasteiger partial charge on any atom is 0.00631 e. The minimum Gasteiger partial charge on any atom is -0.402 e. The Bertz CT molecular complexity index is 72.2. The van der Waals surface area contributed by atoms with E-state index in [-0.39, 0.29) is 0 Å². The third-order valence-electron chi connectivity index (χ3n) is 1.00. The van der Waals surface area contributed by atoms with Crippen LogP contribution in [0.2, 0.25) is 0 Å². The molecular formula is C6H13N. The van der Waals surface area contributed by atoms with Gasteiger partial charge in [-0.1, -0.05) is 19.9 Å². The standard InChI is InChI=1S/C6H13N/c1-4-6(7)5(2)3/h4-5H,7H2,1-3H3/b6-4+. The lowest BCUT2D eigenvalue weighted by atomic mass is 10.1. The monoisotopic (exact) mass is 99.1 g/mol. The molecule has 0 saturated carbocycles. The van der Waals surface area contributed by atoms with Gasteiger partial charge in [0, 0.05) is 5.70 Å². The number of nitrogens with two attached hydrogens (primary N) is 1. The highest BCUT2D eigenvalue weighted by molar-refractivity contribution is 4.96. The molecule has 0 aromatic heterocycles. The Kier molecular flexibility index (Phi) is 2.49. The van der Waals surface area contributed by atoms with Crippen LogP contribution in [0.15, 0.2) is 11.8 Å². The summed E-state index contributed by atoms with van der Waals surface area (Å²) in [7, 11) is 0. The van der Waals surface area contributed by atoms with Crippen LogP contribution in [0.3, 0.4) is 0 Å². The van der Waals surface area contributed by atoms with Gasteiger partial charge in [0.2, 0.25) is 0 Å². The number of hydrogen-bond acceptors (Lipinski definition) is 1. The van der Waals surface area contributed by atoms with E-state index in [0.29, 0.717) is 5.92 Å². The Labute approximate surface area is 45.2 Å². The van der Waals surface area contributed by atoms with Crippen LogP contribution in [-0.2, 0) is 0 Å². The molecule has 1 heteroatoms. The molecule has 0 saturated heterocycles. The van der Waals surface area contributed by atoms with E-state index in [9.17, 15) is 0 Å². The zero-order valence-corrected chi connectivity index (χ0v) is 5.23. The van der Waals surface area contributed by atoms with E-state index in [1.54, 1.807) is 0 Å². The molecule has 0 aliphatic carbocycles. The summed E-state index contributed by atoms with van der Waals surface area (Å²) in [5, 5.41) is 0. The molecule has 0 unspecified atom stereocenters. The van der Waals surface area contributed by atoms with Crippen molar-refractivity contribution in [2.75, 3.05) is 0 Å².